The van der Waals surface area contributed by atoms with E-state index in [0.717, 1.165) is 0 Å². The Bertz CT molecular complexity index is 1280. The number of aliphatic hydroxyl groups is 1. The number of amides is 2. The number of aliphatic hydroxyl groups excluding tert-OH is 1. The van der Waals surface area contributed by atoms with Gasteiger partial charge in [-0.2, -0.15) is 0 Å². The summed E-state index contributed by atoms with van der Waals surface area (Å²) in [6, 6.07) is 3.53. The summed E-state index contributed by atoms with van der Waals surface area (Å²) in [4.78, 5) is 40.0. The smallest absolute Gasteiger partial charge is 0.335 e. The summed E-state index contributed by atoms with van der Waals surface area (Å²) in [7, 11) is -4.12. The topological polar surface area (TPSA) is 268 Å². The van der Waals surface area contributed by atoms with Crippen molar-refractivity contribution in [3.05, 3.63) is 35.4 Å². The largest absolute Gasteiger partial charge is 0.478 e. The number of likely N-dealkylation sites (tertiary alicyclic amines) is 2. The van der Waals surface area contributed by atoms with Gasteiger partial charge in [0.1, 0.15) is 12.3 Å². The molecule has 1 unspecified atom stereocenters. The van der Waals surface area contributed by atoms with Gasteiger partial charge in [-0.1, -0.05) is 12.1 Å². The van der Waals surface area contributed by atoms with Crippen LogP contribution < -0.4 is 26.8 Å². The molecule has 2 aliphatic rings. The highest BCUT2D eigenvalue weighted by Gasteiger charge is 2.33. The van der Waals surface area contributed by atoms with E-state index in [-0.39, 0.29) is 35.4 Å². The van der Waals surface area contributed by atoms with Gasteiger partial charge in [0.25, 0.3) is 0 Å². The maximum absolute atomic E-state index is 13.2. The molecule has 0 aromatic heterocycles. The molecule has 11 N–H and O–H groups in total. The highest BCUT2D eigenvalue weighted by Crippen LogP contribution is 2.23. The number of nitrogens with two attached hydrogens (primary N) is 2. The van der Waals surface area contributed by atoms with Crippen LogP contribution in [0, 0.1) is 16.7 Å². The molecule has 3 atom stereocenters. The third-order valence-electron chi connectivity index (χ3n) is 7.37. The lowest BCUT2D eigenvalue weighted by atomic mass is 9.90. The number of aromatic carboxylic acids is 1. The van der Waals surface area contributed by atoms with E-state index in [1.54, 1.807) is 4.90 Å². The number of hydrogen-bond donors (Lipinski definition) is 9. The minimum absolute atomic E-state index is 0.0624. The molecule has 2 saturated heterocycles. The average Bonchev–Trinajstić information content (AvgIpc) is 2.92. The lowest BCUT2D eigenvalue weighted by Gasteiger charge is -2.38. The first-order valence-electron chi connectivity index (χ1n) is 13.5. The van der Waals surface area contributed by atoms with Crippen LogP contribution in [0.25, 0.3) is 0 Å². The van der Waals surface area contributed by atoms with Crippen LogP contribution in [-0.4, -0.2) is 103 Å². The van der Waals surface area contributed by atoms with Gasteiger partial charge in [-0.3, -0.25) is 20.4 Å². The Hall–Kier alpha value is -3.96. The Morgan fingerprint density at radius 1 is 1.07 bits per heavy atom. The number of nitrogens with one attached hydrogen (secondary N) is 5. The first-order valence-corrected chi connectivity index (χ1v) is 15.2. The van der Waals surface area contributed by atoms with Crippen LogP contribution in [0.1, 0.15) is 48.0 Å². The fourth-order valence-electron chi connectivity index (χ4n) is 5.16. The molecule has 2 fully saturated rings. The Morgan fingerprint density at radius 2 is 1.76 bits per heavy atom. The number of carboxylic acid groups (broad SMARTS) is 1. The van der Waals surface area contributed by atoms with Gasteiger partial charge in [0, 0.05) is 19.6 Å². The SMILES string of the molecule is N=C(N)N1CCC(C[C@@H](NS(=O)(=O)Cc2cccc(C(=O)O)c2)C(=O)NCC(=O)N[C@H]2CCCN(C(=N)N)C2O)CC1. The number of piperidine rings is 2. The summed E-state index contributed by atoms with van der Waals surface area (Å²) in [6.07, 6.45) is 1.08. The molecule has 0 saturated carbocycles. The van der Waals surface area contributed by atoms with E-state index in [4.69, 9.17) is 22.3 Å². The molecule has 3 rings (SSSR count). The summed E-state index contributed by atoms with van der Waals surface area (Å²) in [5.74, 6) is -3.56. The van der Waals surface area contributed by atoms with Gasteiger partial charge in [-0.05, 0) is 55.7 Å². The fraction of sp³-hybridized carbons (Fsp3) is 0.560. The van der Waals surface area contributed by atoms with Crippen LogP contribution in [0.3, 0.4) is 0 Å². The molecule has 1 aromatic rings. The molecule has 42 heavy (non-hydrogen) atoms. The van der Waals surface area contributed by atoms with Crippen molar-refractivity contribution < 1.29 is 33.0 Å². The van der Waals surface area contributed by atoms with E-state index in [9.17, 15) is 33.0 Å². The van der Waals surface area contributed by atoms with E-state index in [1.165, 1.54) is 29.2 Å². The molecule has 17 heteroatoms. The third-order valence-corrected chi connectivity index (χ3v) is 8.72. The normalized spacial score (nSPS) is 20.4. The Labute approximate surface area is 243 Å². The summed E-state index contributed by atoms with van der Waals surface area (Å²) < 4.78 is 28.6. The van der Waals surface area contributed by atoms with Gasteiger partial charge < -0.3 is 42.1 Å². The van der Waals surface area contributed by atoms with Crippen LogP contribution in [0.5, 0.6) is 0 Å². The molecule has 232 valence electrons. The van der Waals surface area contributed by atoms with Crippen molar-refractivity contribution in [3.63, 3.8) is 0 Å². The van der Waals surface area contributed by atoms with E-state index in [2.05, 4.69) is 15.4 Å². The van der Waals surface area contributed by atoms with Crippen molar-refractivity contribution in [1.82, 2.24) is 25.2 Å². The number of rotatable bonds is 11. The predicted octanol–water partition coefficient (Wildman–Crippen LogP) is -1.92. The predicted molar refractivity (Wildman–Crippen MR) is 153 cm³/mol. The van der Waals surface area contributed by atoms with Crippen molar-refractivity contribution in [2.24, 2.45) is 17.4 Å². The van der Waals surface area contributed by atoms with Crippen molar-refractivity contribution in [1.29, 1.82) is 10.8 Å². The first kappa shape index (κ1) is 32.6. The Morgan fingerprint density at radius 3 is 2.38 bits per heavy atom. The van der Waals surface area contributed by atoms with E-state index >= 15 is 0 Å². The quantitative estimate of drug-likeness (QED) is 0.0985. The standard InChI is InChI=1S/C25H39N9O7S/c26-24(27)33-9-6-15(7-10-33)12-19(32-42(40,41)14-16-3-1-4-17(11-16)23(38)39)21(36)30-13-20(35)31-18-5-2-8-34(22(18)37)25(28)29/h1,3-4,11,15,18-19,22,32,37H,2,5-10,12-14H2,(H3,26,27)(H3,28,29)(H,30,36)(H,31,35)(H,38,39)/t18-,19+,22?/m0/s1. The number of carbonyl (C=O) groups excluding carboxylic acids is 2. The molecule has 0 aliphatic carbocycles. The van der Waals surface area contributed by atoms with Gasteiger partial charge in [-0.15, -0.1) is 0 Å². The first-order chi connectivity index (χ1) is 19.8. The van der Waals surface area contributed by atoms with Crippen molar-refractivity contribution in [2.45, 2.75) is 56.2 Å². The molecule has 16 nitrogen and oxygen atoms in total. The van der Waals surface area contributed by atoms with E-state index in [0.29, 0.717) is 45.3 Å². The Kier molecular flexibility index (Phi) is 11.1. The molecule has 2 heterocycles. The zero-order valence-corrected chi connectivity index (χ0v) is 23.9. The van der Waals surface area contributed by atoms with Crippen LogP contribution >= 0.6 is 0 Å². The number of guanidine groups is 2. The average molecular weight is 610 g/mol. The van der Waals surface area contributed by atoms with Crippen molar-refractivity contribution in [3.8, 4) is 0 Å². The summed E-state index contributed by atoms with van der Waals surface area (Å²) in [6.45, 7) is 0.843. The highest BCUT2D eigenvalue weighted by molar-refractivity contribution is 7.88. The molecule has 0 spiro atoms. The van der Waals surface area contributed by atoms with Crippen LogP contribution in [0.4, 0.5) is 0 Å². The number of sulfonamides is 1. The second kappa shape index (κ2) is 14.3. The van der Waals surface area contributed by atoms with Gasteiger partial charge in [0.2, 0.25) is 21.8 Å². The molecule has 2 aliphatic heterocycles. The van der Waals surface area contributed by atoms with Gasteiger partial charge in [-0.25, -0.2) is 17.9 Å². The zero-order chi connectivity index (χ0) is 31.0. The maximum atomic E-state index is 13.2. The van der Waals surface area contributed by atoms with Crippen molar-refractivity contribution in [2.75, 3.05) is 26.2 Å². The molecule has 0 radical (unpaired) electrons. The third kappa shape index (κ3) is 9.28. The van der Waals surface area contributed by atoms with Gasteiger partial charge >= 0.3 is 5.97 Å². The summed E-state index contributed by atoms with van der Waals surface area (Å²) >= 11 is 0. The van der Waals surface area contributed by atoms with Crippen molar-refractivity contribution >= 4 is 39.7 Å². The molecular formula is C25H39N9O7S. The maximum Gasteiger partial charge on any atom is 0.335 e. The molecule has 1 aromatic carbocycles. The number of hydrogen-bond acceptors (Lipinski definition) is 8. The van der Waals surface area contributed by atoms with Crippen LogP contribution in [-0.2, 0) is 25.4 Å². The molecule has 0 bridgehead atoms. The second-order valence-corrected chi connectivity index (χ2v) is 12.3. The summed E-state index contributed by atoms with van der Waals surface area (Å²) in [5.41, 5.74) is 11.2. The van der Waals surface area contributed by atoms with Crippen LogP contribution in [0.2, 0.25) is 0 Å². The minimum atomic E-state index is -4.12. The number of carbonyl (C=O) groups is 3. The minimum Gasteiger partial charge on any atom is -0.478 e. The fourth-order valence-corrected chi connectivity index (χ4v) is 6.50. The Balaban J connectivity index is 1.66. The monoisotopic (exact) mass is 609 g/mol. The summed E-state index contributed by atoms with van der Waals surface area (Å²) in [5, 5.41) is 39.9. The zero-order valence-electron chi connectivity index (χ0n) is 23.1. The number of benzene rings is 1. The molecular weight excluding hydrogens is 570 g/mol. The number of carboxylic acids is 1. The number of nitrogens with zero attached hydrogens (tertiary/aromatic N) is 2. The lowest BCUT2D eigenvalue weighted by Crippen LogP contribution is -2.59. The van der Waals surface area contributed by atoms with Gasteiger partial charge in [0.15, 0.2) is 11.9 Å². The van der Waals surface area contributed by atoms with E-state index in [1.807, 2.05) is 0 Å². The molecule has 2 amide bonds. The second-order valence-electron chi connectivity index (χ2n) is 10.5. The lowest BCUT2D eigenvalue weighted by molar-refractivity contribution is -0.128. The highest BCUT2D eigenvalue weighted by atomic mass is 32.2. The van der Waals surface area contributed by atoms with E-state index < -0.39 is 58.4 Å². The van der Waals surface area contributed by atoms with Crippen LogP contribution in [0.15, 0.2) is 24.3 Å². The van der Waals surface area contributed by atoms with Gasteiger partial charge in [0.05, 0.1) is 23.9 Å².